The maximum Gasteiger partial charge on any atom is 0.219 e. The molecule has 0 aliphatic rings. The van der Waals surface area contributed by atoms with Gasteiger partial charge in [-0.2, -0.15) is 0 Å². The van der Waals surface area contributed by atoms with Crippen molar-refractivity contribution < 1.29 is 4.79 Å². The van der Waals surface area contributed by atoms with Crippen LogP contribution >= 0.6 is 0 Å². The van der Waals surface area contributed by atoms with E-state index < -0.39 is 0 Å². The van der Waals surface area contributed by atoms with Gasteiger partial charge >= 0.3 is 0 Å². The fourth-order valence-corrected chi connectivity index (χ4v) is 3.31. The lowest BCUT2D eigenvalue weighted by molar-refractivity contribution is -0.121. The topological polar surface area (TPSA) is 64.2 Å². The van der Waals surface area contributed by atoms with E-state index in [-0.39, 0.29) is 5.91 Å². The minimum Gasteiger partial charge on any atom is -0.788 e. The highest BCUT2D eigenvalue weighted by molar-refractivity contribution is 5.75. The van der Waals surface area contributed by atoms with E-state index >= 15 is 0 Å². The molecule has 156 valence electrons. The molecule has 0 rings (SSSR count). The van der Waals surface area contributed by atoms with Gasteiger partial charge in [0.15, 0.2) is 0 Å². The number of carbonyl (C=O) groups excluding carboxylic acids is 1. The van der Waals surface area contributed by atoms with Gasteiger partial charge in [-0.3, -0.25) is 4.79 Å². The zero-order valence-electron chi connectivity index (χ0n) is 17.5. The molecule has 0 fully saturated rings. The first-order valence-electron chi connectivity index (χ1n) is 11.4. The molecule has 0 unspecified atom stereocenters. The van der Waals surface area contributed by atoms with Gasteiger partial charge in [-0.05, 0) is 19.4 Å². The molecule has 0 saturated heterocycles. The number of carbonyl (C=O) groups is 1. The van der Waals surface area contributed by atoms with E-state index in [0.717, 1.165) is 12.8 Å². The van der Waals surface area contributed by atoms with Crippen LogP contribution in [0.4, 0.5) is 0 Å². The first kappa shape index (κ1) is 25.4. The third kappa shape index (κ3) is 21.4. The third-order valence-corrected chi connectivity index (χ3v) is 5.04. The van der Waals surface area contributed by atoms with Gasteiger partial charge in [-0.1, -0.05) is 103 Å². The molecule has 0 atom stereocenters. The Labute approximate surface area is 162 Å². The number of hydrogen-bond donors (Lipinski definition) is 2. The lowest BCUT2D eigenvalue weighted by atomic mass is 10.0. The minimum atomic E-state index is 0.126. The summed E-state index contributed by atoms with van der Waals surface area (Å²) in [4.78, 5) is 11.5. The smallest absolute Gasteiger partial charge is 0.219 e. The first-order chi connectivity index (χ1) is 12.8. The summed E-state index contributed by atoms with van der Waals surface area (Å²) in [6.45, 7) is 3.30. The highest BCUT2D eigenvalue weighted by Crippen LogP contribution is 2.13. The van der Waals surface area contributed by atoms with E-state index in [1.54, 1.807) is 0 Å². The molecule has 0 heterocycles. The molecule has 0 saturated carbocycles. The molecule has 0 spiro atoms. The van der Waals surface area contributed by atoms with Crippen LogP contribution in [0, 0.1) is 5.21 Å². The van der Waals surface area contributed by atoms with Crippen LogP contribution in [0.2, 0.25) is 0 Å². The molecule has 1 amide bonds. The Kier molecular flexibility index (Phi) is 21.9. The van der Waals surface area contributed by atoms with Gasteiger partial charge < -0.3 is 16.0 Å². The summed E-state index contributed by atoms with van der Waals surface area (Å²) in [6, 6.07) is 0. The molecule has 26 heavy (non-hydrogen) atoms. The van der Waals surface area contributed by atoms with E-state index in [2.05, 4.69) is 12.2 Å². The van der Waals surface area contributed by atoms with Crippen molar-refractivity contribution in [3.05, 3.63) is 5.21 Å². The molecule has 4 heteroatoms. The van der Waals surface area contributed by atoms with Gasteiger partial charge in [0, 0.05) is 13.0 Å². The lowest BCUT2D eigenvalue weighted by Gasteiger charge is -2.08. The second-order valence-corrected chi connectivity index (χ2v) is 7.65. The van der Waals surface area contributed by atoms with Crippen molar-refractivity contribution in [1.29, 1.82) is 0 Å². The Balaban J connectivity index is 3.07. The molecule has 2 N–H and O–H groups in total. The first-order valence-corrected chi connectivity index (χ1v) is 11.4. The number of unbranched alkanes of at least 4 members (excludes halogenated alkanes) is 15. The Morgan fingerprint density at radius 2 is 1.04 bits per heavy atom. The average Bonchev–Trinajstić information content (AvgIpc) is 2.65. The Morgan fingerprint density at radius 1 is 0.615 bits per heavy atom. The minimum absolute atomic E-state index is 0.126. The third-order valence-electron chi connectivity index (χ3n) is 5.04. The van der Waals surface area contributed by atoms with E-state index in [1.807, 2.05) is 5.48 Å². The molecule has 0 aromatic carbocycles. The zero-order valence-corrected chi connectivity index (χ0v) is 17.5. The Hall–Kier alpha value is -0.610. The fraction of sp³-hybridized carbons (Fsp3) is 0.955. The average molecular weight is 370 g/mol. The van der Waals surface area contributed by atoms with Crippen molar-refractivity contribution in [3.8, 4) is 0 Å². The van der Waals surface area contributed by atoms with Crippen LogP contribution in [0.3, 0.4) is 0 Å². The van der Waals surface area contributed by atoms with Crippen LogP contribution in [-0.2, 0) is 4.79 Å². The molecule has 0 radical (unpaired) electrons. The van der Waals surface area contributed by atoms with Crippen LogP contribution in [0.25, 0.3) is 0 Å². The maximum absolute atomic E-state index is 11.5. The summed E-state index contributed by atoms with van der Waals surface area (Å²) in [5.41, 5.74) is 1.84. The number of hydroxylamine groups is 1. The number of amides is 1. The summed E-state index contributed by atoms with van der Waals surface area (Å²) >= 11 is 0. The zero-order chi connectivity index (χ0) is 19.1. The second-order valence-electron chi connectivity index (χ2n) is 7.65. The van der Waals surface area contributed by atoms with E-state index in [4.69, 9.17) is 0 Å². The summed E-state index contributed by atoms with van der Waals surface area (Å²) in [5.74, 6) is 0.126. The standard InChI is InChI=1S/C22H45N2O2/c1-2-3-4-5-6-7-8-9-10-11-12-13-14-15-16-17-19-22(25)23-20-18-21-24-26/h24H,2-21H2,1H3,(H,23,25)/q-1. The van der Waals surface area contributed by atoms with Gasteiger partial charge in [0.1, 0.15) is 0 Å². The van der Waals surface area contributed by atoms with Crippen molar-refractivity contribution in [2.75, 3.05) is 13.1 Å². The molecule has 0 aromatic heterocycles. The molecule has 0 aromatic rings. The Bertz CT molecular complexity index is 285. The molecular formula is C22H45N2O2-. The van der Waals surface area contributed by atoms with Gasteiger partial charge in [0.2, 0.25) is 5.91 Å². The van der Waals surface area contributed by atoms with E-state index in [1.165, 1.54) is 89.9 Å². The fourth-order valence-electron chi connectivity index (χ4n) is 3.31. The summed E-state index contributed by atoms with van der Waals surface area (Å²) < 4.78 is 0. The van der Waals surface area contributed by atoms with Gasteiger partial charge in [0.05, 0.1) is 0 Å². The van der Waals surface area contributed by atoms with Gasteiger partial charge in [0.25, 0.3) is 0 Å². The molecule has 0 aliphatic heterocycles. The van der Waals surface area contributed by atoms with E-state index in [9.17, 15) is 10.0 Å². The molecule has 0 bridgehead atoms. The quantitative estimate of drug-likeness (QED) is 0.186. The summed E-state index contributed by atoms with van der Waals surface area (Å²) in [6.07, 6.45) is 23.0. The number of hydrogen-bond acceptors (Lipinski definition) is 3. The van der Waals surface area contributed by atoms with Crippen LogP contribution in [0.1, 0.15) is 122 Å². The molecule has 4 nitrogen and oxygen atoms in total. The van der Waals surface area contributed by atoms with Crippen LogP contribution < -0.4 is 10.8 Å². The Morgan fingerprint density at radius 3 is 1.46 bits per heavy atom. The summed E-state index contributed by atoms with van der Waals surface area (Å²) in [7, 11) is 0. The number of nitrogens with one attached hydrogen (secondary N) is 2. The van der Waals surface area contributed by atoms with Crippen LogP contribution in [-0.4, -0.2) is 19.0 Å². The predicted octanol–water partition coefficient (Wildman–Crippen LogP) is 6.23. The van der Waals surface area contributed by atoms with Crippen molar-refractivity contribution in [1.82, 2.24) is 10.8 Å². The largest absolute Gasteiger partial charge is 0.788 e. The lowest BCUT2D eigenvalue weighted by Crippen LogP contribution is -2.25. The van der Waals surface area contributed by atoms with Gasteiger partial charge in [-0.25, -0.2) is 0 Å². The van der Waals surface area contributed by atoms with Crippen molar-refractivity contribution in [2.24, 2.45) is 0 Å². The van der Waals surface area contributed by atoms with Crippen LogP contribution in [0.15, 0.2) is 0 Å². The highest BCUT2D eigenvalue weighted by Gasteiger charge is 2.00. The highest BCUT2D eigenvalue weighted by atomic mass is 16.5. The van der Waals surface area contributed by atoms with E-state index in [0.29, 0.717) is 25.9 Å². The monoisotopic (exact) mass is 369 g/mol. The van der Waals surface area contributed by atoms with Gasteiger partial charge in [-0.15, -0.1) is 0 Å². The molecular weight excluding hydrogens is 324 g/mol. The normalized spacial score (nSPS) is 11.0. The summed E-state index contributed by atoms with van der Waals surface area (Å²) in [5, 5.41) is 12.9. The number of rotatable bonds is 21. The predicted molar refractivity (Wildman–Crippen MR) is 113 cm³/mol. The van der Waals surface area contributed by atoms with Crippen LogP contribution in [0.5, 0.6) is 0 Å². The molecule has 0 aliphatic carbocycles. The SMILES string of the molecule is CCCCCCCCCCCCCCCCCCC(=O)NCCCN[O-]. The maximum atomic E-state index is 11.5. The second kappa shape index (κ2) is 22.4. The van der Waals surface area contributed by atoms with Crippen molar-refractivity contribution in [3.63, 3.8) is 0 Å². The van der Waals surface area contributed by atoms with Crippen molar-refractivity contribution in [2.45, 2.75) is 122 Å². The van der Waals surface area contributed by atoms with Crippen molar-refractivity contribution >= 4 is 5.91 Å².